The Morgan fingerprint density at radius 1 is 0.375 bits per heavy atom. The fourth-order valence-corrected chi connectivity index (χ4v) is 4.93. The molecule has 0 unspecified atom stereocenters. The Morgan fingerprint density at radius 3 is 1.53 bits per heavy atom. The van der Waals surface area contributed by atoms with E-state index in [1.54, 1.807) is 0 Å². The second-order valence-corrected chi connectivity index (χ2v) is 8.10. The monoisotopic (exact) mass is 410 g/mol. The number of hydrogen-bond donors (Lipinski definition) is 0. The zero-order valence-corrected chi connectivity index (χ0v) is 17.2. The average molecular weight is 410 g/mol. The quantitative estimate of drug-likeness (QED) is 0.252. The lowest BCUT2D eigenvalue weighted by Crippen LogP contribution is -2.09. The van der Waals surface area contributed by atoms with Crippen LogP contribution in [0.4, 0.5) is 0 Å². The molecule has 2 heterocycles. The first kappa shape index (κ1) is 17.4. The lowest BCUT2D eigenvalue weighted by atomic mass is 9.81. The summed E-state index contributed by atoms with van der Waals surface area (Å²) in [5.41, 5.74) is 6.77. The molecule has 0 atom stereocenters. The van der Waals surface area contributed by atoms with E-state index in [9.17, 15) is 0 Å². The van der Waals surface area contributed by atoms with Crippen LogP contribution in [-0.4, -0.2) is 0 Å². The molecule has 32 heavy (non-hydrogen) atoms. The molecule has 0 radical (unpaired) electrons. The molecule has 0 bridgehead atoms. The van der Waals surface area contributed by atoms with Crippen LogP contribution < -0.4 is 9.47 Å². The van der Waals surface area contributed by atoms with Gasteiger partial charge in [-0.1, -0.05) is 84.9 Å². The van der Waals surface area contributed by atoms with E-state index < -0.39 is 0 Å². The maximum absolute atomic E-state index is 6.42. The summed E-state index contributed by atoms with van der Waals surface area (Å²) in [5.74, 6) is 3.50. The fraction of sp³-hybridized carbons (Fsp3) is 0. The van der Waals surface area contributed by atoms with Gasteiger partial charge < -0.3 is 9.47 Å². The van der Waals surface area contributed by atoms with Gasteiger partial charge in [0.05, 0.1) is 0 Å². The molecule has 5 aromatic rings. The van der Waals surface area contributed by atoms with Gasteiger partial charge in [-0.3, -0.25) is 0 Å². The Morgan fingerprint density at radius 2 is 0.875 bits per heavy atom. The van der Waals surface area contributed by atoms with Crippen molar-refractivity contribution >= 4 is 21.9 Å². The highest BCUT2D eigenvalue weighted by Gasteiger charge is 2.31. The van der Waals surface area contributed by atoms with Crippen LogP contribution in [0.5, 0.6) is 23.0 Å². The van der Waals surface area contributed by atoms with Gasteiger partial charge in [0.25, 0.3) is 0 Å². The van der Waals surface area contributed by atoms with E-state index in [-0.39, 0.29) is 0 Å². The molecule has 0 aromatic heterocycles. The van der Waals surface area contributed by atoms with Crippen LogP contribution in [-0.2, 0) is 0 Å². The van der Waals surface area contributed by atoms with Gasteiger partial charge in [0.15, 0.2) is 0 Å². The lowest BCUT2D eigenvalue weighted by Gasteiger charge is -2.30. The van der Waals surface area contributed by atoms with E-state index >= 15 is 0 Å². The molecule has 0 amide bonds. The van der Waals surface area contributed by atoms with Gasteiger partial charge in [-0.2, -0.15) is 0 Å². The highest BCUT2D eigenvalue weighted by molar-refractivity contribution is 6.14. The maximum Gasteiger partial charge on any atom is 0.135 e. The predicted molar refractivity (Wildman–Crippen MR) is 128 cm³/mol. The number of para-hydroxylation sites is 3. The van der Waals surface area contributed by atoms with Crippen LogP contribution in [0.1, 0.15) is 22.3 Å². The Hall–Kier alpha value is -4.30. The van der Waals surface area contributed by atoms with Gasteiger partial charge in [0.2, 0.25) is 0 Å². The normalized spacial score (nSPS) is 13.4. The largest absolute Gasteiger partial charge is 0.456 e. The van der Waals surface area contributed by atoms with Gasteiger partial charge in [-0.25, -0.2) is 0 Å². The van der Waals surface area contributed by atoms with Gasteiger partial charge in [0, 0.05) is 33.4 Å². The summed E-state index contributed by atoms with van der Waals surface area (Å²) in [5, 5.41) is 2.38. The van der Waals surface area contributed by atoms with Crippen molar-refractivity contribution < 1.29 is 9.47 Å². The summed E-state index contributed by atoms with van der Waals surface area (Å²) < 4.78 is 12.7. The Balaban J connectivity index is 1.71. The van der Waals surface area contributed by atoms with Crippen LogP contribution in [0.15, 0.2) is 109 Å². The first-order valence-electron chi connectivity index (χ1n) is 10.8. The minimum atomic E-state index is 0.874. The highest BCUT2D eigenvalue weighted by atomic mass is 16.5. The standard InChI is InChI=1S/C30H18O2/c1-2-10-20-19(9-1)17-18-27-29(20)30(23-13-5-8-16-26(23)32-27)28-21-11-3-6-14-24(21)31-25-15-7-4-12-22(25)28/h1-18H. The van der Waals surface area contributed by atoms with Crippen molar-refractivity contribution in [3.63, 3.8) is 0 Å². The average Bonchev–Trinajstić information content (AvgIpc) is 2.86. The van der Waals surface area contributed by atoms with Gasteiger partial charge in [0.1, 0.15) is 23.0 Å². The topological polar surface area (TPSA) is 18.5 Å². The van der Waals surface area contributed by atoms with Crippen LogP contribution >= 0.6 is 0 Å². The Bertz CT molecular complexity index is 1530. The van der Waals surface area contributed by atoms with Crippen molar-refractivity contribution in [3.8, 4) is 23.0 Å². The van der Waals surface area contributed by atoms with Crippen LogP contribution in [0.3, 0.4) is 0 Å². The predicted octanol–water partition coefficient (Wildman–Crippen LogP) is 8.06. The molecule has 0 fully saturated rings. The summed E-state index contributed by atoms with van der Waals surface area (Å²) in [6, 6.07) is 37.6. The van der Waals surface area contributed by atoms with E-state index in [1.807, 2.05) is 36.4 Å². The molecule has 7 rings (SSSR count). The highest BCUT2D eigenvalue weighted by Crippen LogP contribution is 2.54. The maximum atomic E-state index is 6.42. The Labute approximate surface area is 186 Å². The molecule has 0 aliphatic carbocycles. The third-order valence-corrected chi connectivity index (χ3v) is 6.30. The summed E-state index contributed by atoms with van der Waals surface area (Å²) in [6.07, 6.45) is 0. The molecule has 2 aliphatic rings. The van der Waals surface area contributed by atoms with Gasteiger partial charge >= 0.3 is 0 Å². The van der Waals surface area contributed by atoms with E-state index in [0.29, 0.717) is 0 Å². The molecular formula is C30H18O2. The second kappa shape index (κ2) is 6.60. The molecule has 0 saturated heterocycles. The smallest absolute Gasteiger partial charge is 0.135 e. The zero-order valence-electron chi connectivity index (χ0n) is 17.2. The zero-order chi connectivity index (χ0) is 21.1. The number of fused-ring (bicyclic) bond motifs is 6. The number of ether oxygens (including phenoxy) is 2. The third kappa shape index (κ3) is 2.41. The minimum Gasteiger partial charge on any atom is -0.456 e. The first-order valence-corrected chi connectivity index (χ1v) is 10.8. The van der Waals surface area contributed by atoms with Crippen molar-refractivity contribution in [2.75, 3.05) is 0 Å². The Kier molecular flexibility index (Phi) is 3.58. The molecule has 0 saturated carbocycles. The SMILES string of the molecule is c1ccc2c(c1)Oc1ccccc1C2=C1c2ccccc2Oc2ccc3ccccc3c21. The van der Waals surface area contributed by atoms with Crippen molar-refractivity contribution in [1.82, 2.24) is 0 Å². The van der Waals surface area contributed by atoms with E-state index in [1.165, 1.54) is 21.9 Å². The second-order valence-electron chi connectivity index (χ2n) is 8.10. The minimum absolute atomic E-state index is 0.874. The molecular weight excluding hydrogens is 392 g/mol. The number of benzene rings is 5. The number of hydrogen-bond acceptors (Lipinski definition) is 2. The lowest BCUT2D eigenvalue weighted by molar-refractivity contribution is 0.472. The molecule has 150 valence electrons. The van der Waals surface area contributed by atoms with Gasteiger partial charge in [-0.05, 0) is 35.0 Å². The molecule has 0 spiro atoms. The van der Waals surface area contributed by atoms with Crippen LogP contribution in [0.25, 0.3) is 21.9 Å². The summed E-state index contributed by atoms with van der Waals surface area (Å²) in [7, 11) is 0. The van der Waals surface area contributed by atoms with Crippen LogP contribution in [0.2, 0.25) is 0 Å². The van der Waals surface area contributed by atoms with Crippen molar-refractivity contribution in [2.24, 2.45) is 0 Å². The van der Waals surface area contributed by atoms with E-state index in [4.69, 9.17) is 9.47 Å². The molecule has 0 N–H and O–H groups in total. The van der Waals surface area contributed by atoms with E-state index in [0.717, 1.165) is 45.3 Å². The summed E-state index contributed by atoms with van der Waals surface area (Å²) in [4.78, 5) is 0. The van der Waals surface area contributed by atoms with Gasteiger partial charge in [-0.15, -0.1) is 0 Å². The first-order chi connectivity index (χ1) is 15.9. The van der Waals surface area contributed by atoms with Crippen LogP contribution in [0, 0.1) is 0 Å². The fourth-order valence-electron chi connectivity index (χ4n) is 4.93. The molecule has 2 heteroatoms. The third-order valence-electron chi connectivity index (χ3n) is 6.30. The summed E-state index contributed by atoms with van der Waals surface area (Å²) >= 11 is 0. The summed E-state index contributed by atoms with van der Waals surface area (Å²) in [6.45, 7) is 0. The molecule has 5 aromatic carbocycles. The van der Waals surface area contributed by atoms with Crippen molar-refractivity contribution in [1.29, 1.82) is 0 Å². The van der Waals surface area contributed by atoms with E-state index in [2.05, 4.69) is 72.8 Å². The van der Waals surface area contributed by atoms with Crippen molar-refractivity contribution in [3.05, 3.63) is 131 Å². The molecule has 2 aliphatic heterocycles. The molecule has 2 nitrogen and oxygen atoms in total. The number of rotatable bonds is 0. The van der Waals surface area contributed by atoms with Crippen molar-refractivity contribution in [2.45, 2.75) is 0 Å².